The molecule has 0 spiro atoms. The summed E-state index contributed by atoms with van der Waals surface area (Å²) in [5.41, 5.74) is 4.86. The zero-order valence-electron chi connectivity index (χ0n) is 24.0. The Morgan fingerprint density at radius 1 is 0.909 bits per heavy atom. The van der Waals surface area contributed by atoms with Crippen LogP contribution in [0.2, 0.25) is 5.02 Å². The topological polar surface area (TPSA) is 138 Å². The summed E-state index contributed by atoms with van der Waals surface area (Å²) in [5, 5.41) is 22.5. The van der Waals surface area contributed by atoms with E-state index in [1.54, 1.807) is 56.4 Å². The van der Waals surface area contributed by atoms with Gasteiger partial charge in [-0.3, -0.25) is 14.6 Å². The van der Waals surface area contributed by atoms with Crippen LogP contribution in [0.25, 0.3) is 22.4 Å². The molecule has 0 saturated carbocycles. The smallest absolute Gasteiger partial charge is 0.323 e. The van der Waals surface area contributed by atoms with Crippen LogP contribution in [-0.4, -0.2) is 31.8 Å². The number of amides is 3. The van der Waals surface area contributed by atoms with Crippen molar-refractivity contribution < 1.29 is 14.7 Å². The first-order valence-electron chi connectivity index (χ1n) is 13.8. The van der Waals surface area contributed by atoms with Gasteiger partial charge in [0.2, 0.25) is 0 Å². The number of halogens is 1. The molecule has 5 rings (SSSR count). The number of aryl methyl sites for hydroxylation is 2. The highest BCUT2D eigenvalue weighted by Gasteiger charge is 2.15. The zero-order chi connectivity index (χ0) is 31.2. The molecule has 2 heterocycles. The van der Waals surface area contributed by atoms with E-state index in [1.807, 2.05) is 36.4 Å². The highest BCUT2D eigenvalue weighted by Crippen LogP contribution is 2.27. The minimum atomic E-state index is -0.632. The summed E-state index contributed by atoms with van der Waals surface area (Å²) in [6.07, 6.45) is 2.99. The van der Waals surface area contributed by atoms with E-state index < -0.39 is 11.6 Å². The van der Waals surface area contributed by atoms with E-state index in [0.717, 1.165) is 16.7 Å². The van der Waals surface area contributed by atoms with Gasteiger partial charge in [-0.2, -0.15) is 5.10 Å². The van der Waals surface area contributed by atoms with Crippen LogP contribution >= 0.6 is 11.6 Å². The van der Waals surface area contributed by atoms with E-state index in [9.17, 15) is 19.5 Å². The summed E-state index contributed by atoms with van der Waals surface area (Å²) < 4.78 is 1.28. The van der Waals surface area contributed by atoms with E-state index >= 15 is 0 Å². The second kappa shape index (κ2) is 13.2. The lowest BCUT2D eigenvalue weighted by Gasteiger charge is -2.13. The molecule has 0 fully saturated rings. The number of anilines is 2. The van der Waals surface area contributed by atoms with Crippen molar-refractivity contribution in [2.75, 3.05) is 10.6 Å². The number of aromatic nitrogens is 3. The SMILES string of the molecule is CCn1nc(-c2cccc(-c3cccc(C(=O)NCc4ccc(O)cc4)c3)c2)cc(NC(=O)Nc2c(C)cncc2Cl)c1=O. The van der Waals surface area contributed by atoms with Crippen LogP contribution in [0.3, 0.4) is 0 Å². The normalized spacial score (nSPS) is 10.7. The third-order valence-corrected chi connectivity index (χ3v) is 7.14. The quantitative estimate of drug-likeness (QED) is 0.165. The third-order valence-electron chi connectivity index (χ3n) is 6.86. The van der Waals surface area contributed by atoms with E-state index in [2.05, 4.69) is 26.0 Å². The molecule has 44 heavy (non-hydrogen) atoms. The number of phenols is 1. The summed E-state index contributed by atoms with van der Waals surface area (Å²) in [7, 11) is 0. The van der Waals surface area contributed by atoms with Gasteiger partial charge in [0.1, 0.15) is 11.4 Å². The largest absolute Gasteiger partial charge is 0.508 e. The number of phenolic OH excluding ortho intramolecular Hbond substituents is 1. The van der Waals surface area contributed by atoms with Gasteiger partial charge < -0.3 is 21.1 Å². The Morgan fingerprint density at radius 2 is 1.61 bits per heavy atom. The molecule has 10 nitrogen and oxygen atoms in total. The number of pyridine rings is 1. The van der Waals surface area contributed by atoms with Gasteiger partial charge >= 0.3 is 6.03 Å². The van der Waals surface area contributed by atoms with E-state index in [0.29, 0.717) is 41.2 Å². The average Bonchev–Trinajstić information content (AvgIpc) is 3.03. The van der Waals surface area contributed by atoms with Crippen LogP contribution in [0.15, 0.2) is 96.1 Å². The molecule has 0 radical (unpaired) electrons. The highest BCUT2D eigenvalue weighted by atomic mass is 35.5. The lowest BCUT2D eigenvalue weighted by Crippen LogP contribution is -2.30. The maximum absolute atomic E-state index is 13.0. The molecule has 2 aromatic heterocycles. The summed E-state index contributed by atoms with van der Waals surface area (Å²) in [6, 6.07) is 22.3. The van der Waals surface area contributed by atoms with Gasteiger partial charge in [-0.25, -0.2) is 9.48 Å². The van der Waals surface area contributed by atoms with Crippen molar-refractivity contribution in [1.82, 2.24) is 20.1 Å². The van der Waals surface area contributed by atoms with Gasteiger partial charge in [0.25, 0.3) is 11.5 Å². The zero-order valence-corrected chi connectivity index (χ0v) is 24.7. The second-order valence-corrected chi connectivity index (χ2v) is 10.4. The van der Waals surface area contributed by atoms with Gasteiger partial charge in [-0.05, 0) is 72.5 Å². The highest BCUT2D eigenvalue weighted by molar-refractivity contribution is 6.33. The van der Waals surface area contributed by atoms with E-state index in [4.69, 9.17) is 11.6 Å². The lowest BCUT2D eigenvalue weighted by atomic mass is 9.99. The Bertz CT molecular complexity index is 1890. The summed E-state index contributed by atoms with van der Waals surface area (Å²) in [5.74, 6) is -0.0665. The van der Waals surface area contributed by atoms with Crippen molar-refractivity contribution in [1.29, 1.82) is 0 Å². The fourth-order valence-electron chi connectivity index (χ4n) is 4.54. The maximum atomic E-state index is 13.0. The van der Waals surface area contributed by atoms with Crippen LogP contribution in [0.1, 0.15) is 28.4 Å². The number of carbonyl (C=O) groups excluding carboxylic acids is 2. The number of benzene rings is 3. The molecule has 0 saturated heterocycles. The molecule has 0 aliphatic carbocycles. The van der Waals surface area contributed by atoms with Crippen molar-refractivity contribution in [3.8, 4) is 28.1 Å². The Balaban J connectivity index is 1.38. The Kier molecular flexibility index (Phi) is 9.01. The number of hydrogen-bond acceptors (Lipinski definition) is 6. The lowest BCUT2D eigenvalue weighted by molar-refractivity contribution is 0.0951. The summed E-state index contributed by atoms with van der Waals surface area (Å²) in [6.45, 7) is 4.16. The van der Waals surface area contributed by atoms with Gasteiger partial charge in [0, 0.05) is 36.6 Å². The molecular formula is C33H29ClN6O4. The Hall–Kier alpha value is -5.48. The molecule has 5 aromatic rings. The van der Waals surface area contributed by atoms with E-state index in [-0.39, 0.29) is 22.4 Å². The number of rotatable bonds is 8. The van der Waals surface area contributed by atoms with Crippen molar-refractivity contribution in [3.63, 3.8) is 0 Å². The number of hydrogen-bond donors (Lipinski definition) is 4. The molecule has 3 aromatic carbocycles. The summed E-state index contributed by atoms with van der Waals surface area (Å²) in [4.78, 5) is 42.7. The number of nitrogens with one attached hydrogen (secondary N) is 3. The fraction of sp³-hybridized carbons (Fsp3) is 0.121. The fourth-order valence-corrected chi connectivity index (χ4v) is 4.79. The van der Waals surface area contributed by atoms with Crippen molar-refractivity contribution >= 4 is 34.9 Å². The molecule has 11 heteroatoms. The molecule has 0 unspecified atom stereocenters. The average molecular weight is 609 g/mol. The number of nitrogens with zero attached hydrogens (tertiary/aromatic N) is 3. The molecule has 0 aliphatic heterocycles. The first kappa shape index (κ1) is 30.0. The number of urea groups is 1. The minimum Gasteiger partial charge on any atom is -0.508 e. The Morgan fingerprint density at radius 3 is 2.34 bits per heavy atom. The standard InChI is InChI=1S/C33H29ClN6O4/c1-3-40-32(43)29(37-33(44)38-30-20(2)17-35-19-27(30)34)16-28(39-40)24-8-4-6-22(14-24)23-7-5-9-25(15-23)31(42)36-18-21-10-12-26(41)13-11-21/h4-17,19,41H,3,18H2,1-2H3,(H,36,42)(H2,35,37,38,44). The third kappa shape index (κ3) is 6.93. The van der Waals surface area contributed by atoms with Gasteiger partial charge in [-0.1, -0.05) is 54.1 Å². The minimum absolute atomic E-state index is 0.0508. The van der Waals surface area contributed by atoms with E-state index in [1.165, 1.54) is 16.9 Å². The van der Waals surface area contributed by atoms with Gasteiger partial charge in [-0.15, -0.1) is 0 Å². The van der Waals surface area contributed by atoms with Crippen LogP contribution < -0.4 is 21.5 Å². The predicted molar refractivity (Wildman–Crippen MR) is 171 cm³/mol. The molecule has 0 atom stereocenters. The maximum Gasteiger partial charge on any atom is 0.323 e. The number of carbonyl (C=O) groups is 2. The predicted octanol–water partition coefficient (Wildman–Crippen LogP) is 6.23. The summed E-state index contributed by atoms with van der Waals surface area (Å²) >= 11 is 6.19. The number of aromatic hydroxyl groups is 1. The molecule has 0 bridgehead atoms. The molecule has 222 valence electrons. The first-order chi connectivity index (χ1) is 21.2. The van der Waals surface area contributed by atoms with Crippen molar-refractivity contribution in [3.05, 3.63) is 123 Å². The van der Waals surface area contributed by atoms with Gasteiger partial charge in [0.15, 0.2) is 0 Å². The first-order valence-corrected chi connectivity index (χ1v) is 14.2. The second-order valence-electron chi connectivity index (χ2n) is 9.97. The Labute approximate surface area is 258 Å². The van der Waals surface area contributed by atoms with Gasteiger partial charge in [0.05, 0.1) is 16.4 Å². The van der Waals surface area contributed by atoms with Crippen LogP contribution in [0, 0.1) is 6.92 Å². The molecular weight excluding hydrogens is 580 g/mol. The molecule has 0 aliphatic rings. The van der Waals surface area contributed by atoms with Crippen LogP contribution in [0.5, 0.6) is 5.75 Å². The van der Waals surface area contributed by atoms with Crippen molar-refractivity contribution in [2.45, 2.75) is 26.9 Å². The molecule has 4 N–H and O–H groups in total. The van der Waals surface area contributed by atoms with Crippen molar-refractivity contribution in [2.24, 2.45) is 0 Å². The monoisotopic (exact) mass is 608 g/mol. The molecule has 3 amide bonds. The van der Waals surface area contributed by atoms with Crippen LogP contribution in [-0.2, 0) is 13.1 Å². The van der Waals surface area contributed by atoms with Crippen LogP contribution in [0.4, 0.5) is 16.2 Å².